The van der Waals surface area contributed by atoms with Crippen molar-refractivity contribution in [2.75, 3.05) is 7.11 Å². The highest BCUT2D eigenvalue weighted by atomic mass is 32.1. The van der Waals surface area contributed by atoms with Crippen LogP contribution in [0.25, 0.3) is 11.3 Å². The summed E-state index contributed by atoms with van der Waals surface area (Å²) in [5.41, 5.74) is 10.1. The lowest BCUT2D eigenvalue weighted by Crippen LogP contribution is -2.26. The van der Waals surface area contributed by atoms with Gasteiger partial charge in [-0.3, -0.25) is 0 Å². The first-order valence-electron chi connectivity index (χ1n) is 7.32. The van der Waals surface area contributed by atoms with Crippen molar-refractivity contribution < 1.29 is 4.74 Å². The number of benzene rings is 1. The van der Waals surface area contributed by atoms with Crippen molar-refractivity contribution in [1.29, 1.82) is 0 Å². The van der Waals surface area contributed by atoms with Gasteiger partial charge >= 0.3 is 0 Å². The summed E-state index contributed by atoms with van der Waals surface area (Å²) in [6.45, 7) is 6.49. The SMILES string of the molecule is COc1ccc2c(c1)-c1nc(C(N)C(C)(C)C)sc1CC2. The Labute approximate surface area is 130 Å². The molecule has 0 saturated carbocycles. The molecule has 1 aliphatic carbocycles. The van der Waals surface area contributed by atoms with E-state index in [1.165, 1.54) is 16.0 Å². The lowest BCUT2D eigenvalue weighted by atomic mass is 9.88. The molecule has 4 heteroatoms. The van der Waals surface area contributed by atoms with Gasteiger partial charge in [-0.1, -0.05) is 26.8 Å². The Hall–Kier alpha value is -1.39. The zero-order valence-corrected chi connectivity index (χ0v) is 13.9. The first kappa shape index (κ1) is 14.5. The molecular formula is C17H22N2OS. The normalized spacial score (nSPS) is 15.3. The van der Waals surface area contributed by atoms with Crippen LogP contribution < -0.4 is 10.5 Å². The number of hydrogen-bond donors (Lipinski definition) is 1. The highest BCUT2D eigenvalue weighted by molar-refractivity contribution is 7.12. The van der Waals surface area contributed by atoms with Gasteiger partial charge in [0.1, 0.15) is 10.8 Å². The van der Waals surface area contributed by atoms with E-state index in [0.717, 1.165) is 29.3 Å². The van der Waals surface area contributed by atoms with Crippen LogP contribution in [0.2, 0.25) is 0 Å². The van der Waals surface area contributed by atoms with Gasteiger partial charge in [-0.15, -0.1) is 11.3 Å². The summed E-state index contributed by atoms with van der Waals surface area (Å²) >= 11 is 1.77. The van der Waals surface area contributed by atoms with E-state index in [4.69, 9.17) is 15.5 Å². The number of hydrogen-bond acceptors (Lipinski definition) is 4. The Morgan fingerprint density at radius 1 is 1.29 bits per heavy atom. The van der Waals surface area contributed by atoms with Gasteiger partial charge < -0.3 is 10.5 Å². The molecule has 0 fully saturated rings. The molecule has 1 aromatic heterocycles. The second-order valence-corrected chi connectivity index (χ2v) is 7.81. The van der Waals surface area contributed by atoms with Crippen LogP contribution in [0.1, 0.15) is 42.3 Å². The van der Waals surface area contributed by atoms with Crippen LogP contribution in [-0.4, -0.2) is 12.1 Å². The number of ether oxygens (including phenoxy) is 1. The molecule has 0 spiro atoms. The Bertz CT molecular complexity index is 670. The lowest BCUT2D eigenvalue weighted by molar-refractivity contribution is 0.326. The Kier molecular flexibility index (Phi) is 3.54. The van der Waals surface area contributed by atoms with Gasteiger partial charge in [-0.2, -0.15) is 0 Å². The van der Waals surface area contributed by atoms with Gasteiger partial charge in [0.05, 0.1) is 18.8 Å². The number of methoxy groups -OCH3 is 1. The monoisotopic (exact) mass is 302 g/mol. The molecule has 1 atom stereocenters. The average molecular weight is 302 g/mol. The molecule has 0 amide bonds. The zero-order valence-electron chi connectivity index (χ0n) is 13.1. The maximum absolute atomic E-state index is 6.38. The summed E-state index contributed by atoms with van der Waals surface area (Å²) < 4.78 is 5.35. The molecule has 2 N–H and O–H groups in total. The maximum Gasteiger partial charge on any atom is 0.119 e. The fraction of sp³-hybridized carbons (Fsp3) is 0.471. The van der Waals surface area contributed by atoms with Gasteiger partial charge in [0.2, 0.25) is 0 Å². The van der Waals surface area contributed by atoms with Gasteiger partial charge in [0, 0.05) is 10.4 Å². The highest BCUT2D eigenvalue weighted by Crippen LogP contribution is 2.41. The predicted octanol–water partition coefficient (Wildman–Crippen LogP) is 3.96. The quantitative estimate of drug-likeness (QED) is 0.913. The van der Waals surface area contributed by atoms with E-state index < -0.39 is 0 Å². The third kappa shape index (κ3) is 2.58. The van der Waals surface area contributed by atoms with E-state index in [1.807, 2.05) is 6.07 Å². The van der Waals surface area contributed by atoms with Crippen LogP contribution in [0.5, 0.6) is 5.75 Å². The fourth-order valence-corrected chi connectivity index (χ4v) is 3.95. The van der Waals surface area contributed by atoms with Crippen molar-refractivity contribution in [3.63, 3.8) is 0 Å². The Balaban J connectivity index is 2.06. The van der Waals surface area contributed by atoms with Gasteiger partial charge in [-0.25, -0.2) is 4.98 Å². The standard InChI is InChI=1S/C17H22N2OS/c1-17(2,3)15(18)16-19-14-12-9-11(20-4)7-5-10(12)6-8-13(14)21-16/h5,7,9,15H,6,8,18H2,1-4H3. The summed E-state index contributed by atoms with van der Waals surface area (Å²) in [5, 5.41) is 1.04. The molecule has 0 aliphatic heterocycles. The van der Waals surface area contributed by atoms with Crippen LogP contribution in [-0.2, 0) is 12.8 Å². The number of nitrogens with two attached hydrogens (primary N) is 1. The molecule has 3 rings (SSSR count). The van der Waals surface area contributed by atoms with Crippen molar-refractivity contribution >= 4 is 11.3 Å². The molecule has 0 radical (unpaired) electrons. The molecular weight excluding hydrogens is 280 g/mol. The topological polar surface area (TPSA) is 48.1 Å². The summed E-state index contributed by atoms with van der Waals surface area (Å²) in [4.78, 5) is 6.22. The molecule has 2 aromatic rings. The molecule has 1 heterocycles. The lowest BCUT2D eigenvalue weighted by Gasteiger charge is -2.24. The number of aryl methyl sites for hydroxylation is 2. The number of nitrogens with zero attached hydrogens (tertiary/aromatic N) is 1. The molecule has 21 heavy (non-hydrogen) atoms. The molecule has 0 saturated heterocycles. The smallest absolute Gasteiger partial charge is 0.119 e. The third-order valence-electron chi connectivity index (χ3n) is 4.11. The second kappa shape index (κ2) is 5.11. The van der Waals surface area contributed by atoms with E-state index >= 15 is 0 Å². The predicted molar refractivity (Wildman–Crippen MR) is 87.9 cm³/mol. The number of aromatic nitrogens is 1. The fourth-order valence-electron chi connectivity index (χ4n) is 2.62. The molecule has 1 aliphatic rings. The second-order valence-electron chi connectivity index (χ2n) is 6.69. The average Bonchev–Trinajstić information content (AvgIpc) is 2.89. The molecule has 1 aromatic carbocycles. The van der Waals surface area contributed by atoms with Crippen molar-refractivity contribution in [3.05, 3.63) is 33.6 Å². The minimum Gasteiger partial charge on any atom is -0.497 e. The van der Waals surface area contributed by atoms with Crippen molar-refractivity contribution in [1.82, 2.24) is 4.98 Å². The minimum absolute atomic E-state index is 0.0255. The van der Waals surface area contributed by atoms with Crippen molar-refractivity contribution in [2.45, 2.75) is 39.7 Å². The molecule has 0 bridgehead atoms. The molecule has 1 unspecified atom stereocenters. The number of fused-ring (bicyclic) bond motifs is 3. The van der Waals surface area contributed by atoms with Crippen LogP contribution in [0.4, 0.5) is 0 Å². The first-order chi connectivity index (χ1) is 9.90. The van der Waals surface area contributed by atoms with E-state index in [1.54, 1.807) is 18.4 Å². The summed E-state index contributed by atoms with van der Waals surface area (Å²) in [6, 6.07) is 6.25. The van der Waals surface area contributed by atoms with Crippen molar-refractivity contribution in [2.24, 2.45) is 11.1 Å². The van der Waals surface area contributed by atoms with Gasteiger partial charge in [0.15, 0.2) is 0 Å². The summed E-state index contributed by atoms with van der Waals surface area (Å²) in [6.07, 6.45) is 2.13. The van der Waals surface area contributed by atoms with E-state index in [9.17, 15) is 0 Å². The zero-order chi connectivity index (χ0) is 15.2. The Morgan fingerprint density at radius 2 is 2.05 bits per heavy atom. The van der Waals surface area contributed by atoms with E-state index in [-0.39, 0.29) is 11.5 Å². The van der Waals surface area contributed by atoms with Gasteiger partial charge in [-0.05, 0) is 36.0 Å². The van der Waals surface area contributed by atoms with E-state index in [0.29, 0.717) is 0 Å². The maximum atomic E-state index is 6.38. The van der Waals surface area contributed by atoms with Crippen molar-refractivity contribution in [3.8, 4) is 17.0 Å². The summed E-state index contributed by atoms with van der Waals surface area (Å²) in [7, 11) is 1.70. The molecule has 112 valence electrons. The van der Waals surface area contributed by atoms with Crippen LogP contribution >= 0.6 is 11.3 Å². The van der Waals surface area contributed by atoms with Crippen LogP contribution in [0.3, 0.4) is 0 Å². The summed E-state index contributed by atoms with van der Waals surface area (Å²) in [5.74, 6) is 0.885. The van der Waals surface area contributed by atoms with Crippen LogP contribution in [0, 0.1) is 5.41 Å². The third-order valence-corrected chi connectivity index (χ3v) is 5.30. The largest absolute Gasteiger partial charge is 0.497 e. The van der Waals surface area contributed by atoms with E-state index in [2.05, 4.69) is 32.9 Å². The first-order valence-corrected chi connectivity index (χ1v) is 8.14. The highest BCUT2D eigenvalue weighted by Gasteiger charge is 2.28. The number of rotatable bonds is 2. The molecule has 3 nitrogen and oxygen atoms in total. The van der Waals surface area contributed by atoms with Gasteiger partial charge in [0.25, 0.3) is 0 Å². The minimum atomic E-state index is -0.0258. The number of thiazole rings is 1. The Morgan fingerprint density at radius 3 is 2.71 bits per heavy atom. The van der Waals surface area contributed by atoms with Crippen LogP contribution in [0.15, 0.2) is 18.2 Å².